The molecule has 0 aliphatic carbocycles. The quantitative estimate of drug-likeness (QED) is 0.815. The zero-order valence-electron chi connectivity index (χ0n) is 10.9. The van der Waals surface area contributed by atoms with Crippen molar-refractivity contribution in [2.45, 2.75) is 52.4 Å². The standard InChI is InChI=1S/C11H22N6/c1-4-5-17-11(13-14-15-17)8-16-7-9(2)12-6-10(16)3/h9-10,12H,4-8H2,1-3H3. The highest BCUT2D eigenvalue weighted by atomic mass is 15.5. The van der Waals surface area contributed by atoms with Crippen molar-refractivity contribution >= 4 is 0 Å². The Bertz CT molecular complexity index is 349. The molecule has 0 bridgehead atoms. The van der Waals surface area contributed by atoms with E-state index in [1.165, 1.54) is 0 Å². The first-order chi connectivity index (χ1) is 8.20. The predicted molar refractivity (Wildman–Crippen MR) is 65.4 cm³/mol. The number of nitrogens with zero attached hydrogens (tertiary/aromatic N) is 5. The summed E-state index contributed by atoms with van der Waals surface area (Å²) in [6, 6.07) is 1.08. The molecule has 0 spiro atoms. The molecular weight excluding hydrogens is 216 g/mol. The number of hydrogen-bond acceptors (Lipinski definition) is 5. The number of rotatable bonds is 4. The second-order valence-electron chi connectivity index (χ2n) is 4.91. The molecule has 0 radical (unpaired) electrons. The van der Waals surface area contributed by atoms with Gasteiger partial charge in [-0.15, -0.1) is 5.10 Å². The molecule has 1 aliphatic heterocycles. The molecule has 1 N–H and O–H groups in total. The average molecular weight is 238 g/mol. The van der Waals surface area contributed by atoms with Crippen LogP contribution in [-0.4, -0.2) is 50.3 Å². The van der Waals surface area contributed by atoms with E-state index >= 15 is 0 Å². The van der Waals surface area contributed by atoms with Crippen LogP contribution in [0.2, 0.25) is 0 Å². The van der Waals surface area contributed by atoms with Gasteiger partial charge < -0.3 is 5.32 Å². The van der Waals surface area contributed by atoms with Gasteiger partial charge in [0.2, 0.25) is 0 Å². The third-order valence-corrected chi connectivity index (χ3v) is 3.28. The van der Waals surface area contributed by atoms with E-state index < -0.39 is 0 Å². The SMILES string of the molecule is CCCn1nnnc1CN1CC(C)NCC1C. The van der Waals surface area contributed by atoms with Crippen LogP contribution >= 0.6 is 0 Å². The molecule has 96 valence electrons. The molecule has 0 amide bonds. The molecule has 17 heavy (non-hydrogen) atoms. The zero-order valence-corrected chi connectivity index (χ0v) is 10.9. The minimum Gasteiger partial charge on any atom is -0.311 e. The van der Waals surface area contributed by atoms with Crippen LogP contribution in [0.25, 0.3) is 0 Å². The van der Waals surface area contributed by atoms with E-state index in [0.717, 1.165) is 38.4 Å². The Morgan fingerprint density at radius 2 is 2.24 bits per heavy atom. The normalized spacial score (nSPS) is 26.3. The van der Waals surface area contributed by atoms with Gasteiger partial charge in [-0.1, -0.05) is 6.92 Å². The van der Waals surface area contributed by atoms with Crippen LogP contribution in [0.3, 0.4) is 0 Å². The summed E-state index contributed by atoms with van der Waals surface area (Å²) in [5, 5.41) is 15.4. The molecule has 1 aliphatic rings. The summed E-state index contributed by atoms with van der Waals surface area (Å²) in [7, 11) is 0. The second kappa shape index (κ2) is 5.55. The zero-order chi connectivity index (χ0) is 12.3. The van der Waals surface area contributed by atoms with Gasteiger partial charge in [0.15, 0.2) is 5.82 Å². The van der Waals surface area contributed by atoms with E-state index in [0.29, 0.717) is 12.1 Å². The maximum absolute atomic E-state index is 4.13. The minimum absolute atomic E-state index is 0.540. The Balaban J connectivity index is 2.01. The predicted octanol–water partition coefficient (Wildman–Crippen LogP) is 0.265. The van der Waals surface area contributed by atoms with Crippen LogP contribution in [0.4, 0.5) is 0 Å². The maximum atomic E-state index is 4.13. The van der Waals surface area contributed by atoms with Gasteiger partial charge in [0.1, 0.15) is 0 Å². The van der Waals surface area contributed by atoms with E-state index in [-0.39, 0.29) is 0 Å². The van der Waals surface area contributed by atoms with Gasteiger partial charge in [-0.05, 0) is 30.7 Å². The van der Waals surface area contributed by atoms with Crippen molar-refractivity contribution in [3.63, 3.8) is 0 Å². The monoisotopic (exact) mass is 238 g/mol. The number of aromatic nitrogens is 4. The first-order valence-electron chi connectivity index (χ1n) is 6.43. The van der Waals surface area contributed by atoms with Crippen LogP contribution in [0.5, 0.6) is 0 Å². The van der Waals surface area contributed by atoms with E-state index in [4.69, 9.17) is 0 Å². The molecule has 2 heterocycles. The highest BCUT2D eigenvalue weighted by Gasteiger charge is 2.23. The number of tetrazole rings is 1. The Labute approximate surface area is 102 Å². The van der Waals surface area contributed by atoms with Gasteiger partial charge in [-0.25, -0.2) is 4.68 Å². The molecule has 6 nitrogen and oxygen atoms in total. The van der Waals surface area contributed by atoms with Crippen molar-refractivity contribution < 1.29 is 0 Å². The molecule has 2 atom stereocenters. The van der Waals surface area contributed by atoms with Crippen molar-refractivity contribution in [1.82, 2.24) is 30.4 Å². The fraction of sp³-hybridized carbons (Fsp3) is 0.909. The third-order valence-electron chi connectivity index (χ3n) is 3.28. The lowest BCUT2D eigenvalue weighted by Crippen LogP contribution is -2.53. The second-order valence-corrected chi connectivity index (χ2v) is 4.91. The first-order valence-corrected chi connectivity index (χ1v) is 6.43. The molecule has 2 unspecified atom stereocenters. The van der Waals surface area contributed by atoms with Gasteiger partial charge in [0, 0.05) is 31.7 Å². The van der Waals surface area contributed by atoms with Crippen molar-refractivity contribution in [3.8, 4) is 0 Å². The Hall–Kier alpha value is -1.01. The van der Waals surface area contributed by atoms with E-state index in [1.54, 1.807) is 0 Å². The van der Waals surface area contributed by atoms with Crippen molar-refractivity contribution in [2.75, 3.05) is 13.1 Å². The van der Waals surface area contributed by atoms with Crippen LogP contribution in [0.1, 0.15) is 33.0 Å². The topological polar surface area (TPSA) is 58.9 Å². The van der Waals surface area contributed by atoms with Crippen LogP contribution in [-0.2, 0) is 13.1 Å². The van der Waals surface area contributed by atoms with E-state index in [2.05, 4.69) is 46.5 Å². The largest absolute Gasteiger partial charge is 0.311 e. The molecule has 1 saturated heterocycles. The summed E-state index contributed by atoms with van der Waals surface area (Å²) in [6.45, 7) is 10.4. The fourth-order valence-electron chi connectivity index (χ4n) is 2.22. The average Bonchev–Trinajstić information content (AvgIpc) is 2.72. The molecule has 0 aromatic carbocycles. The number of piperazine rings is 1. The van der Waals surface area contributed by atoms with Gasteiger partial charge in [-0.2, -0.15) is 0 Å². The molecule has 2 rings (SSSR count). The molecule has 6 heteroatoms. The summed E-state index contributed by atoms with van der Waals surface area (Å²) < 4.78 is 1.92. The summed E-state index contributed by atoms with van der Waals surface area (Å²) in [6.07, 6.45) is 1.06. The summed E-state index contributed by atoms with van der Waals surface area (Å²) in [5.74, 6) is 0.979. The van der Waals surface area contributed by atoms with E-state index in [1.807, 2.05) is 4.68 Å². The highest BCUT2D eigenvalue weighted by molar-refractivity contribution is 4.87. The lowest BCUT2D eigenvalue weighted by molar-refractivity contribution is 0.133. The smallest absolute Gasteiger partial charge is 0.165 e. The van der Waals surface area contributed by atoms with Gasteiger partial charge in [0.25, 0.3) is 0 Å². The summed E-state index contributed by atoms with van der Waals surface area (Å²) in [5.41, 5.74) is 0. The van der Waals surface area contributed by atoms with Crippen LogP contribution in [0, 0.1) is 0 Å². The first kappa shape index (κ1) is 12.4. The third kappa shape index (κ3) is 3.01. The Morgan fingerprint density at radius 3 is 3.00 bits per heavy atom. The van der Waals surface area contributed by atoms with Crippen LogP contribution < -0.4 is 5.32 Å². The van der Waals surface area contributed by atoms with Crippen LogP contribution in [0.15, 0.2) is 0 Å². The maximum Gasteiger partial charge on any atom is 0.165 e. The lowest BCUT2D eigenvalue weighted by Gasteiger charge is -2.37. The fourth-order valence-corrected chi connectivity index (χ4v) is 2.22. The molecule has 1 aromatic heterocycles. The molecule has 1 fully saturated rings. The van der Waals surface area contributed by atoms with Gasteiger partial charge in [0.05, 0.1) is 6.54 Å². The van der Waals surface area contributed by atoms with Crippen molar-refractivity contribution in [1.29, 1.82) is 0 Å². The summed E-state index contributed by atoms with van der Waals surface area (Å²) in [4.78, 5) is 2.44. The van der Waals surface area contributed by atoms with Crippen molar-refractivity contribution in [2.24, 2.45) is 0 Å². The lowest BCUT2D eigenvalue weighted by atomic mass is 10.1. The minimum atomic E-state index is 0.540. The number of hydrogen-bond donors (Lipinski definition) is 1. The molecule has 0 saturated carbocycles. The van der Waals surface area contributed by atoms with Gasteiger partial charge in [-0.3, -0.25) is 4.90 Å². The number of nitrogens with one attached hydrogen (secondary N) is 1. The van der Waals surface area contributed by atoms with Gasteiger partial charge >= 0.3 is 0 Å². The Kier molecular flexibility index (Phi) is 4.06. The highest BCUT2D eigenvalue weighted by Crippen LogP contribution is 2.10. The van der Waals surface area contributed by atoms with E-state index in [9.17, 15) is 0 Å². The molecule has 1 aromatic rings. The summed E-state index contributed by atoms with van der Waals surface area (Å²) >= 11 is 0. The number of aryl methyl sites for hydroxylation is 1. The Morgan fingerprint density at radius 1 is 1.41 bits per heavy atom. The molecular formula is C11H22N6. The van der Waals surface area contributed by atoms with Crippen molar-refractivity contribution in [3.05, 3.63) is 5.82 Å².